The van der Waals surface area contributed by atoms with Gasteiger partial charge < -0.3 is 4.57 Å². The highest BCUT2D eigenvalue weighted by Gasteiger charge is 2.32. The Kier molecular flexibility index (Phi) is 5.42. The van der Waals surface area contributed by atoms with Crippen LogP contribution in [0.1, 0.15) is 17.0 Å². The highest BCUT2D eigenvalue weighted by Crippen LogP contribution is 2.26. The van der Waals surface area contributed by atoms with Crippen LogP contribution in [0.3, 0.4) is 0 Å². The van der Waals surface area contributed by atoms with Crippen molar-refractivity contribution < 1.29 is 14.5 Å². The number of aryl methyl sites for hydroxylation is 1. The molecule has 1 aliphatic rings. The van der Waals surface area contributed by atoms with Gasteiger partial charge in [0.05, 0.1) is 10.6 Å². The van der Waals surface area contributed by atoms with Crippen LogP contribution in [0.2, 0.25) is 0 Å². The van der Waals surface area contributed by atoms with Gasteiger partial charge in [0.25, 0.3) is 17.5 Å². The largest absolute Gasteiger partial charge is 0.318 e. The van der Waals surface area contributed by atoms with E-state index in [0.717, 1.165) is 11.4 Å². The van der Waals surface area contributed by atoms with E-state index >= 15 is 0 Å². The van der Waals surface area contributed by atoms with Crippen LogP contribution < -0.4 is 5.32 Å². The highest BCUT2D eigenvalue weighted by atomic mass is 32.1. The van der Waals surface area contributed by atoms with E-state index in [1.807, 2.05) is 24.5 Å². The van der Waals surface area contributed by atoms with E-state index in [4.69, 9.17) is 12.2 Å². The maximum absolute atomic E-state index is 12.7. The zero-order chi connectivity index (χ0) is 21.3. The Bertz CT molecular complexity index is 1100. The molecule has 148 valence electrons. The van der Waals surface area contributed by atoms with Crippen molar-refractivity contribution in [3.63, 3.8) is 0 Å². The number of carbonyl (C=O) groups excluding carboxylic acids is 2. The second-order valence-corrected chi connectivity index (χ2v) is 6.85. The predicted octanol–water partition coefficient (Wildman–Crippen LogP) is 2.82. The number of nitrogens with zero attached hydrogens (tertiary/aromatic N) is 3. The van der Waals surface area contributed by atoms with Crippen LogP contribution in [-0.2, 0) is 9.59 Å². The van der Waals surface area contributed by atoms with E-state index in [-0.39, 0.29) is 22.9 Å². The molecule has 3 rings (SSSR count). The molecule has 0 spiro atoms. The standard InChI is InChI=1S/C20H18N4O4S/c1-4-8-22-19(26)17(18(25)21-20(22)29)10-14-9-12(2)23(13(14)3)15-6-5-7-16(11-15)24(27)28/h4-7,9-11H,1,8H2,2-3H3,(H,21,25,29)/b17-10+. The average Bonchev–Trinajstić information content (AvgIpc) is 2.95. The van der Waals surface area contributed by atoms with Crippen molar-refractivity contribution >= 4 is 40.9 Å². The lowest BCUT2D eigenvalue weighted by Gasteiger charge is -2.27. The topological polar surface area (TPSA) is 97.5 Å². The van der Waals surface area contributed by atoms with E-state index in [9.17, 15) is 19.7 Å². The molecule has 0 aliphatic carbocycles. The number of rotatable bonds is 5. The number of carbonyl (C=O) groups is 2. The molecule has 2 heterocycles. The zero-order valence-electron chi connectivity index (χ0n) is 15.8. The van der Waals surface area contributed by atoms with Crippen molar-refractivity contribution in [2.75, 3.05) is 6.54 Å². The van der Waals surface area contributed by atoms with Gasteiger partial charge in [-0.05, 0) is 49.8 Å². The monoisotopic (exact) mass is 410 g/mol. The van der Waals surface area contributed by atoms with E-state index < -0.39 is 16.7 Å². The number of amides is 2. The van der Waals surface area contributed by atoms with Crippen molar-refractivity contribution in [1.82, 2.24) is 14.8 Å². The molecule has 9 heteroatoms. The summed E-state index contributed by atoms with van der Waals surface area (Å²) in [6, 6.07) is 8.07. The van der Waals surface area contributed by atoms with Crippen LogP contribution in [0.25, 0.3) is 11.8 Å². The Morgan fingerprint density at radius 2 is 2.00 bits per heavy atom. The summed E-state index contributed by atoms with van der Waals surface area (Å²) in [5.41, 5.74) is 2.74. The predicted molar refractivity (Wildman–Crippen MR) is 113 cm³/mol. The Hall–Kier alpha value is -3.59. The smallest absolute Gasteiger partial charge is 0.271 e. The van der Waals surface area contributed by atoms with Crippen LogP contribution >= 0.6 is 12.2 Å². The molecule has 1 aromatic carbocycles. The van der Waals surface area contributed by atoms with Crippen LogP contribution in [0.4, 0.5) is 5.69 Å². The summed E-state index contributed by atoms with van der Waals surface area (Å²) in [7, 11) is 0. The summed E-state index contributed by atoms with van der Waals surface area (Å²) in [6.07, 6.45) is 3.03. The molecule has 0 atom stereocenters. The first-order valence-corrected chi connectivity index (χ1v) is 9.09. The van der Waals surface area contributed by atoms with Crippen molar-refractivity contribution in [1.29, 1.82) is 0 Å². The fraction of sp³-hybridized carbons (Fsp3) is 0.150. The summed E-state index contributed by atoms with van der Waals surface area (Å²) in [4.78, 5) is 36.9. The van der Waals surface area contributed by atoms with Gasteiger partial charge >= 0.3 is 0 Å². The number of nitro groups is 1. The number of non-ortho nitro benzene ring substituents is 1. The third-order valence-electron chi connectivity index (χ3n) is 4.57. The maximum Gasteiger partial charge on any atom is 0.271 e. The maximum atomic E-state index is 12.7. The summed E-state index contributed by atoms with van der Waals surface area (Å²) in [5.74, 6) is -1.07. The number of aromatic nitrogens is 1. The SMILES string of the molecule is C=CCN1C(=O)/C(=C/c2cc(C)n(-c3cccc([N+](=O)[O-])c3)c2C)C(=O)NC1=S. The highest BCUT2D eigenvalue weighted by molar-refractivity contribution is 7.80. The lowest BCUT2D eigenvalue weighted by atomic mass is 10.1. The molecule has 2 aromatic rings. The lowest BCUT2D eigenvalue weighted by Crippen LogP contribution is -2.53. The quantitative estimate of drug-likeness (QED) is 0.204. The molecule has 1 saturated heterocycles. The summed E-state index contributed by atoms with van der Waals surface area (Å²) >= 11 is 5.05. The molecule has 1 aromatic heterocycles. The molecule has 2 amide bonds. The number of thiocarbonyl (C=S) groups is 1. The Balaban J connectivity index is 2.06. The molecule has 0 bridgehead atoms. The first-order chi connectivity index (χ1) is 13.7. The molecule has 1 fully saturated rings. The van der Waals surface area contributed by atoms with E-state index in [1.54, 1.807) is 12.1 Å². The molecule has 0 unspecified atom stereocenters. The Morgan fingerprint density at radius 1 is 1.28 bits per heavy atom. The van der Waals surface area contributed by atoms with Gasteiger partial charge in [0.15, 0.2) is 5.11 Å². The summed E-state index contributed by atoms with van der Waals surface area (Å²) in [6.45, 7) is 7.44. The van der Waals surface area contributed by atoms with Crippen molar-refractivity contribution in [2.24, 2.45) is 0 Å². The minimum Gasteiger partial charge on any atom is -0.318 e. The first kappa shape index (κ1) is 20.2. The molecular weight excluding hydrogens is 392 g/mol. The Morgan fingerprint density at radius 3 is 2.66 bits per heavy atom. The van der Waals surface area contributed by atoms with Crippen LogP contribution in [0.15, 0.2) is 48.6 Å². The minimum atomic E-state index is -0.569. The fourth-order valence-electron chi connectivity index (χ4n) is 3.22. The lowest BCUT2D eigenvalue weighted by molar-refractivity contribution is -0.384. The van der Waals surface area contributed by atoms with Crippen LogP contribution in [0, 0.1) is 24.0 Å². The van der Waals surface area contributed by atoms with Crippen molar-refractivity contribution in [3.8, 4) is 5.69 Å². The minimum absolute atomic E-state index is 0.0229. The average molecular weight is 410 g/mol. The summed E-state index contributed by atoms with van der Waals surface area (Å²) < 4.78 is 1.83. The van der Waals surface area contributed by atoms with Gasteiger partial charge in [0.1, 0.15) is 5.57 Å². The summed E-state index contributed by atoms with van der Waals surface area (Å²) in [5, 5.41) is 13.6. The van der Waals surface area contributed by atoms with Gasteiger partial charge in [-0.3, -0.25) is 29.9 Å². The third-order valence-corrected chi connectivity index (χ3v) is 4.89. The normalized spacial score (nSPS) is 15.6. The van der Waals surface area contributed by atoms with Gasteiger partial charge in [-0.1, -0.05) is 12.1 Å². The number of benzene rings is 1. The van der Waals surface area contributed by atoms with Gasteiger partial charge in [0, 0.05) is 30.1 Å². The number of hydrogen-bond acceptors (Lipinski definition) is 5. The molecule has 8 nitrogen and oxygen atoms in total. The van der Waals surface area contributed by atoms with Crippen LogP contribution in [-0.4, -0.2) is 37.9 Å². The van der Waals surface area contributed by atoms with E-state index in [1.165, 1.54) is 29.2 Å². The fourth-order valence-corrected chi connectivity index (χ4v) is 3.47. The van der Waals surface area contributed by atoms with E-state index in [0.29, 0.717) is 11.3 Å². The molecular formula is C20H18N4O4S. The third kappa shape index (κ3) is 3.72. The number of nitro benzene ring substituents is 1. The molecule has 1 N–H and O–H groups in total. The Labute approximate surface area is 172 Å². The second kappa shape index (κ2) is 7.80. The number of hydrogen-bond donors (Lipinski definition) is 1. The van der Waals surface area contributed by atoms with Crippen LogP contribution in [0.5, 0.6) is 0 Å². The molecule has 0 radical (unpaired) electrons. The molecule has 1 aliphatic heterocycles. The first-order valence-electron chi connectivity index (χ1n) is 8.68. The van der Waals surface area contributed by atoms with E-state index in [2.05, 4.69) is 11.9 Å². The van der Waals surface area contributed by atoms with Gasteiger partial charge in [0.2, 0.25) is 0 Å². The number of nitrogens with one attached hydrogen (secondary N) is 1. The van der Waals surface area contributed by atoms with Gasteiger partial charge in [-0.15, -0.1) is 6.58 Å². The van der Waals surface area contributed by atoms with Gasteiger partial charge in [-0.2, -0.15) is 0 Å². The van der Waals surface area contributed by atoms with Crippen molar-refractivity contribution in [3.05, 3.63) is 75.6 Å². The zero-order valence-corrected chi connectivity index (χ0v) is 16.7. The van der Waals surface area contributed by atoms with Gasteiger partial charge in [-0.25, -0.2) is 0 Å². The second-order valence-electron chi connectivity index (χ2n) is 6.46. The molecule has 0 saturated carbocycles. The molecule has 29 heavy (non-hydrogen) atoms. The van der Waals surface area contributed by atoms with Crippen molar-refractivity contribution in [2.45, 2.75) is 13.8 Å².